The predicted octanol–water partition coefficient (Wildman–Crippen LogP) is 5.01. The molecule has 4 aromatic rings. The lowest BCUT2D eigenvalue weighted by Gasteiger charge is -2.23. The fourth-order valence-electron chi connectivity index (χ4n) is 4.39. The van der Waals surface area contributed by atoms with Crippen molar-refractivity contribution < 1.29 is 45.8 Å². The zero-order valence-corrected chi connectivity index (χ0v) is 27.3. The molecule has 0 aliphatic heterocycles. The molecule has 0 saturated heterocycles. The van der Waals surface area contributed by atoms with Gasteiger partial charge >= 0.3 is 12.1 Å². The van der Waals surface area contributed by atoms with E-state index in [1.54, 1.807) is 42.6 Å². The molecule has 1 atom stereocenters. The number of nitrogens with zero attached hydrogens (tertiary/aromatic N) is 1. The van der Waals surface area contributed by atoms with Crippen LogP contribution in [0.3, 0.4) is 0 Å². The first-order valence-corrected chi connectivity index (χ1v) is 16.0. The van der Waals surface area contributed by atoms with Gasteiger partial charge in [-0.15, -0.1) is 0 Å². The summed E-state index contributed by atoms with van der Waals surface area (Å²) in [7, 11) is -2.36. The fourth-order valence-corrected chi connectivity index (χ4v) is 5.35. The topological polar surface area (TPSA) is 182 Å². The number of nitrogens with one attached hydrogen (secondary N) is 3. The van der Waals surface area contributed by atoms with Crippen molar-refractivity contribution in [3.63, 3.8) is 0 Å². The van der Waals surface area contributed by atoms with Crippen LogP contribution in [0.1, 0.15) is 37.9 Å². The third-order valence-corrected chi connectivity index (χ3v) is 8.07. The van der Waals surface area contributed by atoms with Crippen molar-refractivity contribution in [1.29, 1.82) is 0 Å². The average Bonchev–Trinajstić information content (AvgIpc) is 3.03. The van der Waals surface area contributed by atoms with Crippen molar-refractivity contribution in [3.05, 3.63) is 84.1 Å². The molecular formula is C32H36F3N5O7S. The molecule has 0 aliphatic rings. The Morgan fingerprint density at radius 2 is 1.71 bits per heavy atom. The summed E-state index contributed by atoms with van der Waals surface area (Å²) >= 11 is 0. The summed E-state index contributed by atoms with van der Waals surface area (Å²) < 4.78 is 70.9. The number of aliphatic carboxylic acids is 1. The average molecular weight is 692 g/mol. The van der Waals surface area contributed by atoms with E-state index >= 15 is 0 Å². The molecule has 1 heterocycles. The molecule has 3 aromatic carbocycles. The largest absolute Gasteiger partial charge is 0.490 e. The molecule has 0 radical (unpaired) electrons. The number of nitrogens with two attached hydrogens (primary N) is 1. The number of rotatable bonds is 12. The Hall–Kier alpha value is -5.09. The number of sulfonamides is 1. The minimum atomic E-state index is -5.08. The second kappa shape index (κ2) is 16.1. The van der Waals surface area contributed by atoms with Crippen LogP contribution < -0.4 is 30.6 Å². The number of ether oxygens (including phenoxy) is 2. The van der Waals surface area contributed by atoms with Gasteiger partial charge < -0.3 is 30.9 Å². The van der Waals surface area contributed by atoms with E-state index in [1.165, 1.54) is 13.1 Å². The van der Waals surface area contributed by atoms with Gasteiger partial charge in [-0.1, -0.05) is 24.3 Å². The lowest BCUT2D eigenvalue weighted by atomic mass is 10.0. The fraction of sp³-hybridized carbons (Fsp3) is 0.281. The first-order valence-electron chi connectivity index (χ1n) is 14.5. The summed E-state index contributed by atoms with van der Waals surface area (Å²) in [5.74, 6) is -1.62. The molecule has 0 bridgehead atoms. The quantitative estimate of drug-likeness (QED) is 0.135. The first-order chi connectivity index (χ1) is 22.6. The highest BCUT2D eigenvalue weighted by Crippen LogP contribution is 2.33. The summed E-state index contributed by atoms with van der Waals surface area (Å²) in [6.07, 6.45) is -3.52. The van der Waals surface area contributed by atoms with E-state index in [0.717, 1.165) is 10.8 Å². The van der Waals surface area contributed by atoms with Crippen LogP contribution in [0.15, 0.2) is 77.8 Å². The normalized spacial score (nSPS) is 12.1. The minimum Gasteiger partial charge on any atom is -0.490 e. The number of alkyl halides is 3. The van der Waals surface area contributed by atoms with Gasteiger partial charge in [0.25, 0.3) is 0 Å². The lowest BCUT2D eigenvalue weighted by molar-refractivity contribution is -0.192. The molecule has 4 rings (SSSR count). The number of anilines is 2. The number of fused-ring (bicyclic) bond motifs is 1. The number of pyridine rings is 1. The molecule has 12 nitrogen and oxygen atoms in total. The molecule has 0 spiro atoms. The number of carboxylic acid groups (broad SMARTS) is 1. The van der Waals surface area contributed by atoms with Crippen LogP contribution in [0.2, 0.25) is 0 Å². The molecule has 1 aromatic heterocycles. The van der Waals surface area contributed by atoms with E-state index < -0.39 is 28.2 Å². The van der Waals surface area contributed by atoms with Crippen molar-refractivity contribution in [2.75, 3.05) is 24.7 Å². The van der Waals surface area contributed by atoms with Gasteiger partial charge in [0.1, 0.15) is 11.9 Å². The lowest BCUT2D eigenvalue weighted by Crippen LogP contribution is -2.34. The van der Waals surface area contributed by atoms with Gasteiger partial charge in [-0.25, -0.2) is 22.9 Å². The van der Waals surface area contributed by atoms with Gasteiger partial charge in [-0.2, -0.15) is 13.2 Å². The second-order valence-corrected chi connectivity index (χ2v) is 12.2. The van der Waals surface area contributed by atoms with Gasteiger partial charge in [-0.3, -0.25) is 4.79 Å². The van der Waals surface area contributed by atoms with Gasteiger partial charge in [0, 0.05) is 23.8 Å². The molecule has 16 heteroatoms. The Kier molecular flexibility index (Phi) is 12.6. The van der Waals surface area contributed by atoms with Crippen molar-refractivity contribution >= 4 is 44.2 Å². The van der Waals surface area contributed by atoms with E-state index in [2.05, 4.69) is 20.3 Å². The Labute approximate surface area is 275 Å². The smallest absolute Gasteiger partial charge is 0.490 e. The number of hydrogen-bond donors (Lipinski definition) is 5. The standard InChI is InChI=1S/C30H35N5O5S.C2HF3O2/c1-5-39-26-17-21(10-13-25(26)40-19(2)3)28(35-23-11-12-24-20(16-23)14-15-33-29(24)31)30(36)34-18-22-8-6-7-9-27(22)41(37,38)32-4;3-2(4,5)1(6)7/h6-17,19,28,32,35H,5,18H2,1-4H3,(H2,31,33)(H,34,36);(H,6,7). The highest BCUT2D eigenvalue weighted by Gasteiger charge is 2.38. The van der Waals surface area contributed by atoms with Gasteiger partial charge in [0.2, 0.25) is 15.9 Å². The van der Waals surface area contributed by atoms with Crippen LogP contribution in [0.5, 0.6) is 11.5 Å². The monoisotopic (exact) mass is 691 g/mol. The Morgan fingerprint density at radius 1 is 1.02 bits per heavy atom. The molecule has 1 unspecified atom stereocenters. The summed E-state index contributed by atoms with van der Waals surface area (Å²) in [6.45, 7) is 6.14. The van der Waals surface area contributed by atoms with Crippen molar-refractivity contribution in [3.8, 4) is 11.5 Å². The van der Waals surface area contributed by atoms with E-state index in [4.69, 9.17) is 25.1 Å². The van der Waals surface area contributed by atoms with Crippen LogP contribution in [-0.2, 0) is 26.2 Å². The van der Waals surface area contributed by atoms with Crippen LogP contribution in [-0.4, -0.2) is 56.3 Å². The Morgan fingerprint density at radius 3 is 2.33 bits per heavy atom. The molecule has 48 heavy (non-hydrogen) atoms. The summed E-state index contributed by atoms with van der Waals surface area (Å²) in [5.41, 5.74) is 7.79. The Bertz CT molecular complexity index is 1850. The zero-order valence-electron chi connectivity index (χ0n) is 26.5. The number of aromatic nitrogens is 1. The SMILES string of the molecule is CCOc1cc(C(Nc2ccc3c(N)nccc3c2)C(=O)NCc2ccccc2S(=O)(=O)NC)ccc1OC(C)C.O=C(O)C(F)(F)F. The van der Waals surface area contributed by atoms with E-state index in [9.17, 15) is 26.4 Å². The number of carbonyl (C=O) groups is 2. The number of benzene rings is 3. The number of carboxylic acids is 1. The van der Waals surface area contributed by atoms with Crippen LogP contribution in [0.4, 0.5) is 24.7 Å². The third-order valence-electron chi connectivity index (χ3n) is 6.56. The molecule has 258 valence electrons. The molecule has 0 saturated carbocycles. The highest BCUT2D eigenvalue weighted by atomic mass is 32.2. The number of amides is 1. The molecule has 0 aliphatic carbocycles. The van der Waals surface area contributed by atoms with Crippen molar-refractivity contribution in [2.24, 2.45) is 0 Å². The number of nitrogen functional groups attached to an aromatic ring is 1. The van der Waals surface area contributed by atoms with Gasteiger partial charge in [0.05, 0.1) is 17.6 Å². The maximum atomic E-state index is 13.8. The number of halogens is 3. The molecular weight excluding hydrogens is 655 g/mol. The summed E-state index contributed by atoms with van der Waals surface area (Å²) in [5, 5.41) is 15.0. The first kappa shape index (κ1) is 37.4. The summed E-state index contributed by atoms with van der Waals surface area (Å²) in [6, 6.07) is 18.4. The van der Waals surface area contributed by atoms with E-state index in [-0.39, 0.29) is 23.5 Å². The van der Waals surface area contributed by atoms with Crippen molar-refractivity contribution in [2.45, 2.75) is 50.5 Å². The maximum absolute atomic E-state index is 13.8. The minimum absolute atomic E-state index is 0.000874. The number of carbonyl (C=O) groups excluding carboxylic acids is 1. The van der Waals surface area contributed by atoms with E-state index in [0.29, 0.717) is 40.7 Å². The summed E-state index contributed by atoms with van der Waals surface area (Å²) in [4.78, 5) is 26.9. The van der Waals surface area contributed by atoms with Crippen LogP contribution >= 0.6 is 0 Å². The molecule has 0 fully saturated rings. The predicted molar refractivity (Wildman–Crippen MR) is 174 cm³/mol. The maximum Gasteiger partial charge on any atom is 0.490 e. The number of hydrogen-bond acceptors (Lipinski definition) is 9. The van der Waals surface area contributed by atoms with E-state index in [1.807, 2.05) is 45.0 Å². The highest BCUT2D eigenvalue weighted by molar-refractivity contribution is 7.89. The van der Waals surface area contributed by atoms with Gasteiger partial charge in [-0.05, 0) is 86.8 Å². The van der Waals surface area contributed by atoms with Crippen LogP contribution in [0, 0.1) is 0 Å². The van der Waals surface area contributed by atoms with Crippen LogP contribution in [0.25, 0.3) is 10.8 Å². The van der Waals surface area contributed by atoms with Crippen molar-refractivity contribution in [1.82, 2.24) is 15.0 Å². The second-order valence-electron chi connectivity index (χ2n) is 10.4. The van der Waals surface area contributed by atoms with Gasteiger partial charge in [0.15, 0.2) is 11.5 Å². The zero-order chi connectivity index (χ0) is 35.6. The Balaban J connectivity index is 0.000000804. The third kappa shape index (κ3) is 9.95. The molecule has 6 N–H and O–H groups in total. The molecule has 1 amide bonds.